The molecule has 7 nitrogen and oxygen atoms in total. The topological polar surface area (TPSA) is 116 Å². The van der Waals surface area contributed by atoms with Gasteiger partial charge in [-0.15, -0.1) is 0 Å². The van der Waals surface area contributed by atoms with Crippen LogP contribution in [0.3, 0.4) is 0 Å². The molecule has 3 rings (SSSR count). The molecule has 0 bridgehead atoms. The van der Waals surface area contributed by atoms with E-state index in [0.717, 1.165) is 5.56 Å². The molecule has 0 radical (unpaired) electrons. The van der Waals surface area contributed by atoms with Gasteiger partial charge in [-0.2, -0.15) is 0 Å². The van der Waals surface area contributed by atoms with E-state index >= 15 is 0 Å². The van der Waals surface area contributed by atoms with Crippen LogP contribution in [0.2, 0.25) is 0 Å². The van der Waals surface area contributed by atoms with E-state index in [9.17, 15) is 15.0 Å². The molecule has 1 aliphatic heterocycles. The Balaban J connectivity index is 2.08. The van der Waals surface area contributed by atoms with Gasteiger partial charge in [0.2, 0.25) is 0 Å². The van der Waals surface area contributed by atoms with Gasteiger partial charge in [-0.3, -0.25) is 4.79 Å². The van der Waals surface area contributed by atoms with Crippen LogP contribution < -0.4 is 5.56 Å². The Labute approximate surface area is 119 Å². The number of aliphatic hydroxyl groups is 3. The molecule has 0 aliphatic carbocycles. The lowest BCUT2D eigenvalue weighted by Crippen LogP contribution is -2.33. The molecular weight excluding hydrogens is 276 g/mol. The predicted molar refractivity (Wildman–Crippen MR) is 73.8 cm³/mol. The van der Waals surface area contributed by atoms with E-state index in [4.69, 9.17) is 9.84 Å². The molecule has 4 unspecified atom stereocenters. The van der Waals surface area contributed by atoms with Crippen molar-refractivity contribution in [1.82, 2.24) is 9.97 Å². The van der Waals surface area contributed by atoms with Crippen LogP contribution in [0.4, 0.5) is 0 Å². The number of aryl methyl sites for hydroxylation is 1. The second kappa shape index (κ2) is 5.19. The molecule has 4 N–H and O–H groups in total. The number of rotatable bonds is 2. The van der Waals surface area contributed by atoms with Gasteiger partial charge in [0.05, 0.1) is 6.61 Å². The second-order valence-corrected chi connectivity index (χ2v) is 5.26. The van der Waals surface area contributed by atoms with Crippen molar-refractivity contribution >= 4 is 11.0 Å². The zero-order chi connectivity index (χ0) is 15.1. The number of aromatic nitrogens is 2. The Hall–Kier alpha value is -1.80. The van der Waals surface area contributed by atoms with Gasteiger partial charge in [-0.05, 0) is 24.6 Å². The number of H-pyrrole nitrogens is 1. The Morgan fingerprint density at radius 2 is 2.10 bits per heavy atom. The van der Waals surface area contributed by atoms with Crippen molar-refractivity contribution in [2.45, 2.75) is 31.3 Å². The highest BCUT2D eigenvalue weighted by Crippen LogP contribution is 2.32. The first-order valence-corrected chi connectivity index (χ1v) is 6.63. The summed E-state index contributed by atoms with van der Waals surface area (Å²) < 4.78 is 5.39. The first kappa shape index (κ1) is 14.2. The van der Waals surface area contributed by atoms with E-state index in [2.05, 4.69) is 9.97 Å². The molecule has 2 aromatic heterocycles. The highest BCUT2D eigenvalue weighted by molar-refractivity contribution is 5.75. The standard InChI is InChI=1S/C14H16N2O5/c1-6-2-7-3-8(14(20)16-13(7)15-4-6)12-11(19)10(18)9(5-17)21-12/h2-4,9-12,17-19H,5H2,1H3,(H,15,16,20). The largest absolute Gasteiger partial charge is 0.394 e. The summed E-state index contributed by atoms with van der Waals surface area (Å²) in [5, 5.41) is 29.6. The minimum Gasteiger partial charge on any atom is -0.394 e. The summed E-state index contributed by atoms with van der Waals surface area (Å²) in [6.07, 6.45) is -2.74. The molecule has 1 aliphatic rings. The third-order valence-corrected chi connectivity index (χ3v) is 3.71. The highest BCUT2D eigenvalue weighted by Gasteiger charge is 2.44. The average Bonchev–Trinajstić information content (AvgIpc) is 2.75. The van der Waals surface area contributed by atoms with Crippen LogP contribution >= 0.6 is 0 Å². The molecule has 4 atom stereocenters. The third kappa shape index (κ3) is 2.34. The fraction of sp³-hybridized carbons (Fsp3) is 0.429. The fourth-order valence-corrected chi connectivity index (χ4v) is 2.59. The van der Waals surface area contributed by atoms with Crippen LogP contribution in [0.1, 0.15) is 17.2 Å². The smallest absolute Gasteiger partial charge is 0.255 e. The number of ether oxygens (including phenoxy) is 1. The molecule has 1 saturated heterocycles. The molecular formula is C14H16N2O5. The van der Waals surface area contributed by atoms with Crippen LogP contribution in [0.25, 0.3) is 11.0 Å². The third-order valence-electron chi connectivity index (χ3n) is 3.71. The van der Waals surface area contributed by atoms with Crippen molar-refractivity contribution < 1.29 is 20.1 Å². The van der Waals surface area contributed by atoms with Crippen molar-refractivity contribution in [3.8, 4) is 0 Å². The number of pyridine rings is 2. The normalized spacial score (nSPS) is 29.1. The van der Waals surface area contributed by atoms with Crippen molar-refractivity contribution in [2.75, 3.05) is 6.61 Å². The van der Waals surface area contributed by atoms with Gasteiger partial charge < -0.3 is 25.0 Å². The maximum Gasteiger partial charge on any atom is 0.255 e. The molecule has 2 aromatic rings. The van der Waals surface area contributed by atoms with E-state index < -0.39 is 36.6 Å². The highest BCUT2D eigenvalue weighted by atomic mass is 16.6. The lowest BCUT2D eigenvalue weighted by atomic mass is 10.0. The van der Waals surface area contributed by atoms with E-state index in [1.54, 1.807) is 12.3 Å². The van der Waals surface area contributed by atoms with Crippen LogP contribution in [0.15, 0.2) is 23.1 Å². The van der Waals surface area contributed by atoms with Crippen LogP contribution in [0, 0.1) is 6.92 Å². The lowest BCUT2D eigenvalue weighted by Gasteiger charge is -2.14. The maximum absolute atomic E-state index is 12.1. The molecule has 1 fully saturated rings. The molecule has 7 heteroatoms. The zero-order valence-corrected chi connectivity index (χ0v) is 11.4. The van der Waals surface area contributed by atoms with Gasteiger partial charge in [-0.1, -0.05) is 0 Å². The van der Waals surface area contributed by atoms with Gasteiger partial charge in [0.15, 0.2) is 0 Å². The van der Waals surface area contributed by atoms with Gasteiger partial charge >= 0.3 is 0 Å². The summed E-state index contributed by atoms with van der Waals surface area (Å²) in [5.41, 5.74) is 1.15. The molecule has 0 amide bonds. The van der Waals surface area contributed by atoms with Crippen LogP contribution in [0.5, 0.6) is 0 Å². The summed E-state index contributed by atoms with van der Waals surface area (Å²) in [7, 11) is 0. The minimum absolute atomic E-state index is 0.206. The molecule has 0 saturated carbocycles. The maximum atomic E-state index is 12.1. The van der Waals surface area contributed by atoms with Crippen LogP contribution in [-0.4, -0.2) is 50.2 Å². The number of nitrogens with zero attached hydrogens (tertiary/aromatic N) is 1. The first-order valence-electron chi connectivity index (χ1n) is 6.63. The minimum atomic E-state index is -1.27. The number of nitrogens with one attached hydrogen (secondary N) is 1. The molecule has 0 spiro atoms. The van der Waals surface area contributed by atoms with Crippen molar-refractivity contribution in [1.29, 1.82) is 0 Å². The molecule has 0 aromatic carbocycles. The fourth-order valence-electron chi connectivity index (χ4n) is 2.59. The van der Waals surface area contributed by atoms with Crippen molar-refractivity contribution in [2.24, 2.45) is 0 Å². The number of hydrogen-bond acceptors (Lipinski definition) is 6. The van der Waals surface area contributed by atoms with Gasteiger partial charge in [-0.25, -0.2) is 4.98 Å². The number of aliphatic hydroxyl groups excluding tert-OH is 3. The zero-order valence-electron chi connectivity index (χ0n) is 11.4. The van der Waals surface area contributed by atoms with Gasteiger partial charge in [0.25, 0.3) is 5.56 Å². The lowest BCUT2D eigenvalue weighted by molar-refractivity contribution is -0.0231. The van der Waals surface area contributed by atoms with Crippen molar-refractivity contribution in [3.63, 3.8) is 0 Å². The first-order chi connectivity index (χ1) is 10.0. The molecule has 21 heavy (non-hydrogen) atoms. The monoisotopic (exact) mass is 292 g/mol. The van der Waals surface area contributed by atoms with Gasteiger partial charge in [0.1, 0.15) is 30.1 Å². The summed E-state index contributed by atoms with van der Waals surface area (Å²) in [5.74, 6) is 0. The predicted octanol–water partition coefficient (Wildman–Crippen LogP) is -0.614. The van der Waals surface area contributed by atoms with E-state index in [0.29, 0.717) is 11.0 Å². The summed E-state index contributed by atoms with van der Waals surface area (Å²) in [6.45, 7) is 1.45. The molecule has 112 valence electrons. The van der Waals surface area contributed by atoms with Crippen LogP contribution in [-0.2, 0) is 4.74 Å². The van der Waals surface area contributed by atoms with E-state index in [-0.39, 0.29) is 5.56 Å². The summed E-state index contributed by atoms with van der Waals surface area (Å²) >= 11 is 0. The SMILES string of the molecule is Cc1cnc2[nH]c(=O)c(C3OC(CO)C(O)C3O)cc2c1. The second-order valence-electron chi connectivity index (χ2n) is 5.26. The summed E-state index contributed by atoms with van der Waals surface area (Å²) in [4.78, 5) is 18.9. The van der Waals surface area contributed by atoms with Gasteiger partial charge in [0, 0.05) is 17.1 Å². The Kier molecular flexibility index (Phi) is 3.50. The Morgan fingerprint density at radius 1 is 1.33 bits per heavy atom. The average molecular weight is 292 g/mol. The number of aromatic amines is 1. The van der Waals surface area contributed by atoms with Crippen molar-refractivity contribution in [3.05, 3.63) is 39.8 Å². The molecule has 3 heterocycles. The summed E-state index contributed by atoms with van der Waals surface area (Å²) in [6, 6.07) is 3.44. The quantitative estimate of drug-likeness (QED) is 0.586. The van der Waals surface area contributed by atoms with E-state index in [1.807, 2.05) is 13.0 Å². The number of fused-ring (bicyclic) bond motifs is 1. The Bertz CT molecular complexity index is 729. The van der Waals surface area contributed by atoms with E-state index in [1.165, 1.54) is 0 Å². The Morgan fingerprint density at radius 3 is 2.76 bits per heavy atom. The number of hydrogen-bond donors (Lipinski definition) is 4.